The van der Waals surface area contributed by atoms with E-state index in [4.69, 9.17) is 4.42 Å². The fourth-order valence-electron chi connectivity index (χ4n) is 4.24. The summed E-state index contributed by atoms with van der Waals surface area (Å²) in [6, 6.07) is 9.10. The van der Waals surface area contributed by atoms with Crippen LogP contribution in [0.25, 0.3) is 5.82 Å². The number of carbonyl (C=O) groups is 1. The van der Waals surface area contributed by atoms with Gasteiger partial charge in [0.25, 0.3) is 0 Å². The van der Waals surface area contributed by atoms with E-state index in [1.807, 2.05) is 54.2 Å². The molecule has 0 radical (unpaired) electrons. The monoisotopic (exact) mass is 436 g/mol. The maximum absolute atomic E-state index is 13.2. The lowest BCUT2D eigenvalue weighted by Crippen LogP contribution is -2.41. The molecule has 1 aliphatic carbocycles. The Balaban J connectivity index is 1.53. The zero-order chi connectivity index (χ0) is 22.2. The first-order valence-electron chi connectivity index (χ1n) is 11.5. The van der Waals surface area contributed by atoms with Crippen molar-refractivity contribution in [1.29, 1.82) is 0 Å². The van der Waals surface area contributed by atoms with Crippen LogP contribution in [0.15, 0.2) is 53.4 Å². The van der Waals surface area contributed by atoms with E-state index in [0.717, 1.165) is 18.0 Å². The first-order chi connectivity index (χ1) is 15.7. The van der Waals surface area contributed by atoms with Gasteiger partial charge in [0.05, 0.1) is 12.8 Å². The van der Waals surface area contributed by atoms with Crippen LogP contribution < -0.4 is 16.0 Å². The minimum atomic E-state index is -0.380. The molecule has 3 aromatic rings. The highest BCUT2D eigenvalue weighted by Crippen LogP contribution is 2.28. The van der Waals surface area contributed by atoms with E-state index in [9.17, 15) is 4.79 Å². The summed E-state index contributed by atoms with van der Waals surface area (Å²) >= 11 is 0. The highest BCUT2D eigenvalue weighted by Gasteiger charge is 2.25. The molecule has 32 heavy (non-hydrogen) atoms. The Morgan fingerprint density at radius 2 is 2.00 bits per heavy atom. The fourth-order valence-corrected chi connectivity index (χ4v) is 4.24. The predicted molar refractivity (Wildman–Crippen MR) is 125 cm³/mol. The Bertz CT molecular complexity index is 965. The lowest BCUT2D eigenvalue weighted by Gasteiger charge is -2.27. The average Bonchev–Trinajstić information content (AvgIpc) is 3.52. The van der Waals surface area contributed by atoms with Crippen LogP contribution in [0.3, 0.4) is 0 Å². The fraction of sp³-hybridized carbons (Fsp3) is 0.458. The molecule has 8 nitrogen and oxygen atoms in total. The van der Waals surface area contributed by atoms with Crippen molar-refractivity contribution in [3.8, 4) is 5.82 Å². The molecule has 1 amide bonds. The number of amides is 1. The van der Waals surface area contributed by atoms with E-state index in [1.54, 1.807) is 6.26 Å². The average molecular weight is 437 g/mol. The van der Waals surface area contributed by atoms with Crippen LogP contribution in [-0.4, -0.2) is 33.0 Å². The van der Waals surface area contributed by atoms with Crippen molar-refractivity contribution in [2.75, 3.05) is 17.2 Å². The molecular weight excluding hydrogens is 404 g/mol. The summed E-state index contributed by atoms with van der Waals surface area (Å²) in [6.45, 7) is 3.09. The molecule has 1 saturated carbocycles. The maximum Gasteiger partial charge on any atom is 0.242 e. The largest absolute Gasteiger partial charge is 0.467 e. The van der Waals surface area contributed by atoms with Gasteiger partial charge in [0.2, 0.25) is 11.9 Å². The molecule has 1 atom stereocenters. The second-order valence-corrected chi connectivity index (χ2v) is 8.29. The molecule has 3 heterocycles. The minimum Gasteiger partial charge on any atom is -0.467 e. The Morgan fingerprint density at radius 1 is 1.19 bits per heavy atom. The van der Waals surface area contributed by atoms with E-state index < -0.39 is 0 Å². The maximum atomic E-state index is 13.2. The van der Waals surface area contributed by atoms with Crippen molar-refractivity contribution in [2.45, 2.75) is 58.0 Å². The molecule has 0 aromatic carbocycles. The molecule has 3 aromatic heterocycles. The van der Waals surface area contributed by atoms with E-state index in [1.165, 1.54) is 32.1 Å². The molecule has 0 aliphatic heterocycles. The van der Waals surface area contributed by atoms with Crippen molar-refractivity contribution in [2.24, 2.45) is 5.92 Å². The van der Waals surface area contributed by atoms with Gasteiger partial charge in [0.15, 0.2) is 0 Å². The summed E-state index contributed by atoms with van der Waals surface area (Å²) in [5.41, 5.74) is 0. The third-order valence-electron chi connectivity index (χ3n) is 5.87. The molecule has 3 N–H and O–H groups in total. The Hall–Kier alpha value is -3.29. The molecule has 170 valence electrons. The van der Waals surface area contributed by atoms with E-state index in [2.05, 4.69) is 25.9 Å². The third kappa shape index (κ3) is 5.90. The molecular formula is C24H32N6O2. The number of furan rings is 1. The number of aromatic nitrogens is 3. The highest BCUT2D eigenvalue weighted by molar-refractivity contribution is 5.84. The number of nitrogens with zero attached hydrogens (tertiary/aromatic N) is 3. The summed E-state index contributed by atoms with van der Waals surface area (Å²) in [5.74, 6) is 3.15. The molecule has 0 spiro atoms. The van der Waals surface area contributed by atoms with Crippen molar-refractivity contribution in [3.63, 3.8) is 0 Å². The summed E-state index contributed by atoms with van der Waals surface area (Å²) in [7, 11) is 0. The number of carbonyl (C=O) groups excluding carboxylic acids is 1. The van der Waals surface area contributed by atoms with Crippen LogP contribution in [0.4, 0.5) is 11.8 Å². The van der Waals surface area contributed by atoms with Crippen LogP contribution in [0, 0.1) is 5.92 Å². The third-order valence-corrected chi connectivity index (χ3v) is 5.87. The summed E-state index contributed by atoms with van der Waals surface area (Å²) < 4.78 is 7.30. The normalized spacial score (nSPS) is 15.3. The molecule has 8 heteroatoms. The van der Waals surface area contributed by atoms with Crippen molar-refractivity contribution < 1.29 is 9.21 Å². The smallest absolute Gasteiger partial charge is 0.242 e. The lowest BCUT2D eigenvalue weighted by molar-refractivity contribution is -0.122. The van der Waals surface area contributed by atoms with Gasteiger partial charge >= 0.3 is 0 Å². The zero-order valence-electron chi connectivity index (χ0n) is 18.6. The number of nitrogens with one attached hydrogen (secondary N) is 3. The first-order valence-corrected chi connectivity index (χ1v) is 11.5. The van der Waals surface area contributed by atoms with Crippen LogP contribution in [0.2, 0.25) is 0 Å². The first kappa shape index (κ1) is 21.9. The number of hydrogen-bond acceptors (Lipinski definition) is 6. The van der Waals surface area contributed by atoms with Gasteiger partial charge in [-0.15, -0.1) is 0 Å². The van der Waals surface area contributed by atoms with Gasteiger partial charge in [-0.05, 0) is 43.5 Å². The van der Waals surface area contributed by atoms with Gasteiger partial charge < -0.3 is 24.9 Å². The Morgan fingerprint density at radius 3 is 2.72 bits per heavy atom. The van der Waals surface area contributed by atoms with Crippen LogP contribution in [-0.2, 0) is 11.3 Å². The Labute approximate surface area is 188 Å². The second-order valence-electron chi connectivity index (χ2n) is 8.29. The highest BCUT2D eigenvalue weighted by atomic mass is 16.3. The summed E-state index contributed by atoms with van der Waals surface area (Å²) in [4.78, 5) is 22.4. The molecule has 0 saturated heterocycles. The molecule has 4 rings (SSSR count). The molecule has 1 fully saturated rings. The minimum absolute atomic E-state index is 0.0434. The standard InChI is InChI=1S/C24H32N6O2/c1-2-25-24-28-21(16-22(29-24)30-12-6-7-13-30)27-20(15-18-9-4-3-5-10-18)23(31)26-17-19-11-8-14-32-19/h6-8,11-14,16,18,20H,2-5,9-10,15,17H2,1H3,(H,26,31)(H2,25,27,28,29). The lowest BCUT2D eigenvalue weighted by atomic mass is 9.84. The van der Waals surface area contributed by atoms with E-state index >= 15 is 0 Å². The zero-order valence-corrected chi connectivity index (χ0v) is 18.6. The summed E-state index contributed by atoms with van der Waals surface area (Å²) in [5, 5.41) is 9.62. The predicted octanol–water partition coefficient (Wildman–Crippen LogP) is 4.36. The summed E-state index contributed by atoms with van der Waals surface area (Å²) in [6.07, 6.45) is 12.4. The number of hydrogen-bond donors (Lipinski definition) is 3. The van der Waals surface area contributed by atoms with Gasteiger partial charge in [-0.25, -0.2) is 0 Å². The molecule has 1 aliphatic rings. The Kier molecular flexibility index (Phi) is 7.42. The quantitative estimate of drug-likeness (QED) is 0.437. The van der Waals surface area contributed by atoms with E-state index in [-0.39, 0.29) is 11.9 Å². The molecule has 0 bridgehead atoms. The van der Waals surface area contributed by atoms with Crippen molar-refractivity contribution >= 4 is 17.7 Å². The van der Waals surface area contributed by atoms with Gasteiger partial charge in [-0.1, -0.05) is 32.1 Å². The van der Waals surface area contributed by atoms with Crippen LogP contribution >= 0.6 is 0 Å². The number of rotatable bonds is 10. The van der Waals surface area contributed by atoms with Gasteiger partial charge in [0.1, 0.15) is 23.4 Å². The van der Waals surface area contributed by atoms with Gasteiger partial charge in [-0.2, -0.15) is 9.97 Å². The SMILES string of the molecule is CCNc1nc(NC(CC2CCCCC2)C(=O)NCc2ccco2)cc(-n2cccc2)n1. The van der Waals surface area contributed by atoms with Gasteiger partial charge in [-0.3, -0.25) is 4.79 Å². The van der Waals surface area contributed by atoms with E-state index in [0.29, 0.717) is 30.8 Å². The van der Waals surface area contributed by atoms with Crippen LogP contribution in [0.1, 0.15) is 51.2 Å². The van der Waals surface area contributed by atoms with Crippen molar-refractivity contribution in [3.05, 3.63) is 54.7 Å². The van der Waals surface area contributed by atoms with Gasteiger partial charge in [0, 0.05) is 25.0 Å². The van der Waals surface area contributed by atoms with Crippen LogP contribution in [0.5, 0.6) is 0 Å². The molecule has 1 unspecified atom stereocenters. The van der Waals surface area contributed by atoms with Crippen molar-refractivity contribution in [1.82, 2.24) is 19.9 Å². The number of anilines is 2. The second kappa shape index (κ2) is 10.8. The topological polar surface area (TPSA) is 97.0 Å².